The normalized spacial score (nSPS) is 22.8. The summed E-state index contributed by atoms with van der Waals surface area (Å²) in [5, 5.41) is 2.82. The average Bonchev–Trinajstić information content (AvgIpc) is 3.38. The Morgan fingerprint density at radius 1 is 1.06 bits per heavy atom. The third-order valence-electron chi connectivity index (χ3n) is 6.71. The molecule has 1 aromatic carbocycles. The lowest BCUT2D eigenvalue weighted by atomic mass is 9.89. The highest BCUT2D eigenvalue weighted by Gasteiger charge is 2.50. The maximum absolute atomic E-state index is 13.2. The number of aryl methyl sites for hydroxylation is 2. The first-order chi connectivity index (χ1) is 15.5. The van der Waals surface area contributed by atoms with Crippen LogP contribution in [-0.4, -0.2) is 70.3 Å². The van der Waals surface area contributed by atoms with Crippen LogP contribution >= 0.6 is 0 Å². The van der Waals surface area contributed by atoms with Gasteiger partial charge in [0, 0.05) is 38.6 Å². The van der Waals surface area contributed by atoms with E-state index in [4.69, 9.17) is 0 Å². The first-order valence-electron chi connectivity index (χ1n) is 11.0. The molecule has 4 amide bonds. The minimum atomic E-state index is -1.15. The smallest absolute Gasteiger partial charge is 0.325 e. The number of benzene rings is 1. The first-order valence-corrected chi connectivity index (χ1v) is 11.0. The van der Waals surface area contributed by atoms with E-state index in [-0.39, 0.29) is 18.4 Å². The Kier molecular flexibility index (Phi) is 5.03. The van der Waals surface area contributed by atoms with Crippen LogP contribution in [0.4, 0.5) is 10.7 Å². The van der Waals surface area contributed by atoms with Gasteiger partial charge in [0.05, 0.1) is 0 Å². The summed E-state index contributed by atoms with van der Waals surface area (Å²) in [6.45, 7) is 3.64. The number of hydrogen-bond donors (Lipinski definition) is 1. The van der Waals surface area contributed by atoms with Crippen LogP contribution in [-0.2, 0) is 28.0 Å². The van der Waals surface area contributed by atoms with Crippen molar-refractivity contribution in [1.29, 1.82) is 0 Å². The van der Waals surface area contributed by atoms with Gasteiger partial charge in [-0.15, -0.1) is 0 Å². The molecule has 5 rings (SSSR count). The Balaban J connectivity index is 1.24. The molecule has 2 aliphatic heterocycles. The maximum atomic E-state index is 13.2. The molecule has 0 radical (unpaired) electrons. The van der Waals surface area contributed by atoms with Gasteiger partial charge in [-0.3, -0.25) is 14.5 Å². The predicted molar refractivity (Wildman–Crippen MR) is 117 cm³/mol. The van der Waals surface area contributed by atoms with Gasteiger partial charge in [0.25, 0.3) is 5.91 Å². The number of rotatable bonds is 4. The molecule has 166 valence electrons. The van der Waals surface area contributed by atoms with Crippen LogP contribution in [0.3, 0.4) is 0 Å². The number of fused-ring (bicyclic) bond motifs is 1. The number of hydrogen-bond acceptors (Lipinski definition) is 6. The van der Waals surface area contributed by atoms with Crippen LogP contribution in [0.1, 0.15) is 30.0 Å². The topological polar surface area (TPSA) is 98.7 Å². The summed E-state index contributed by atoms with van der Waals surface area (Å²) in [7, 11) is 0. The predicted octanol–water partition coefficient (Wildman–Crippen LogP) is 1.08. The third kappa shape index (κ3) is 3.47. The quantitative estimate of drug-likeness (QED) is 0.723. The Bertz CT molecular complexity index is 1070. The Morgan fingerprint density at radius 3 is 2.53 bits per heavy atom. The first kappa shape index (κ1) is 20.4. The van der Waals surface area contributed by atoms with E-state index >= 15 is 0 Å². The Morgan fingerprint density at radius 2 is 1.78 bits per heavy atom. The van der Waals surface area contributed by atoms with Crippen molar-refractivity contribution >= 4 is 23.8 Å². The zero-order chi connectivity index (χ0) is 22.3. The molecule has 9 nitrogen and oxygen atoms in total. The molecule has 2 aromatic rings. The van der Waals surface area contributed by atoms with Crippen LogP contribution in [0.25, 0.3) is 0 Å². The van der Waals surface area contributed by atoms with Crippen LogP contribution in [0.2, 0.25) is 0 Å². The number of imide groups is 1. The van der Waals surface area contributed by atoms with Gasteiger partial charge in [-0.25, -0.2) is 14.8 Å². The molecule has 0 saturated carbocycles. The summed E-state index contributed by atoms with van der Waals surface area (Å²) in [6, 6.07) is 7.22. The summed E-state index contributed by atoms with van der Waals surface area (Å²) in [5.74, 6) is 0.0178. The van der Waals surface area contributed by atoms with Gasteiger partial charge >= 0.3 is 6.03 Å². The van der Waals surface area contributed by atoms with E-state index in [0.717, 1.165) is 29.7 Å². The van der Waals surface area contributed by atoms with Gasteiger partial charge in [0.1, 0.15) is 12.1 Å². The molecule has 3 aliphatic rings. The minimum absolute atomic E-state index is 0.236. The zero-order valence-corrected chi connectivity index (χ0v) is 18.1. The van der Waals surface area contributed by atoms with Crippen molar-refractivity contribution in [2.75, 3.05) is 37.6 Å². The number of nitrogens with one attached hydrogen (secondary N) is 1. The van der Waals surface area contributed by atoms with E-state index in [9.17, 15) is 14.4 Å². The van der Waals surface area contributed by atoms with Crippen molar-refractivity contribution in [3.8, 4) is 0 Å². The number of amides is 4. The fraction of sp³-hybridized carbons (Fsp3) is 0.435. The second-order valence-corrected chi connectivity index (χ2v) is 8.70. The van der Waals surface area contributed by atoms with E-state index in [1.54, 1.807) is 30.3 Å². The number of carbonyl (C=O) groups excluding carboxylic acids is 3. The number of aromatic nitrogens is 2. The van der Waals surface area contributed by atoms with Gasteiger partial charge in [-0.05, 0) is 48.9 Å². The van der Waals surface area contributed by atoms with E-state index in [0.29, 0.717) is 32.1 Å². The summed E-state index contributed by atoms with van der Waals surface area (Å²) >= 11 is 0. The van der Waals surface area contributed by atoms with Crippen molar-refractivity contribution in [2.45, 2.75) is 31.7 Å². The molecular weight excluding hydrogens is 408 g/mol. The number of urea groups is 1. The highest BCUT2D eigenvalue weighted by molar-refractivity contribution is 6.09. The lowest BCUT2D eigenvalue weighted by Crippen LogP contribution is -2.52. The van der Waals surface area contributed by atoms with E-state index in [1.807, 2.05) is 23.1 Å². The number of carbonyl (C=O) groups is 3. The second-order valence-electron chi connectivity index (χ2n) is 8.70. The zero-order valence-electron chi connectivity index (χ0n) is 18.1. The minimum Gasteiger partial charge on any atom is -0.338 e. The lowest BCUT2D eigenvalue weighted by molar-refractivity contribution is -0.139. The van der Waals surface area contributed by atoms with Gasteiger partial charge in [-0.1, -0.05) is 18.2 Å². The molecule has 1 atom stereocenters. The molecule has 1 aliphatic carbocycles. The number of nitrogens with zero attached hydrogens (tertiary/aromatic N) is 5. The van der Waals surface area contributed by atoms with Crippen molar-refractivity contribution in [2.24, 2.45) is 0 Å². The summed E-state index contributed by atoms with van der Waals surface area (Å²) in [4.78, 5) is 52.0. The van der Waals surface area contributed by atoms with Crippen molar-refractivity contribution in [3.63, 3.8) is 0 Å². The largest absolute Gasteiger partial charge is 0.338 e. The molecule has 9 heteroatoms. The summed E-state index contributed by atoms with van der Waals surface area (Å²) in [5.41, 5.74) is 2.16. The van der Waals surface area contributed by atoms with Crippen molar-refractivity contribution < 1.29 is 14.4 Å². The standard InChI is InChI=1S/C23H26N6O3/c1-23(18-7-6-16-4-2-5-17(16)14-18)20(31)29(22(32)26-23)15-19(30)27-10-12-28(13-11-27)21-24-8-3-9-25-21/h3,6-9,14H,2,4-5,10-13,15H2,1H3,(H,26,32)/t23-/m0/s1. The van der Waals surface area contributed by atoms with Gasteiger partial charge in [-0.2, -0.15) is 0 Å². The van der Waals surface area contributed by atoms with Gasteiger partial charge < -0.3 is 15.1 Å². The fourth-order valence-electron chi connectivity index (χ4n) is 4.76. The monoisotopic (exact) mass is 434 g/mol. The van der Waals surface area contributed by atoms with E-state index in [2.05, 4.69) is 15.3 Å². The van der Waals surface area contributed by atoms with Gasteiger partial charge in [0.2, 0.25) is 11.9 Å². The Labute approximate surface area is 186 Å². The molecule has 2 fully saturated rings. The molecular formula is C23H26N6O3. The second kappa shape index (κ2) is 7.89. The highest BCUT2D eigenvalue weighted by atomic mass is 16.2. The molecule has 3 heterocycles. The molecule has 0 bridgehead atoms. The van der Waals surface area contributed by atoms with E-state index in [1.165, 1.54) is 11.1 Å². The summed E-state index contributed by atoms with van der Waals surface area (Å²) < 4.78 is 0. The highest BCUT2D eigenvalue weighted by Crippen LogP contribution is 2.32. The van der Waals surface area contributed by atoms with Crippen LogP contribution < -0.4 is 10.2 Å². The summed E-state index contributed by atoms with van der Waals surface area (Å²) in [6.07, 6.45) is 6.53. The van der Waals surface area contributed by atoms with Crippen LogP contribution in [0.5, 0.6) is 0 Å². The molecule has 0 spiro atoms. The van der Waals surface area contributed by atoms with Crippen LogP contribution in [0, 0.1) is 0 Å². The molecule has 2 saturated heterocycles. The number of anilines is 1. The molecule has 0 unspecified atom stereocenters. The lowest BCUT2D eigenvalue weighted by Gasteiger charge is -2.35. The molecule has 32 heavy (non-hydrogen) atoms. The molecule has 1 aromatic heterocycles. The maximum Gasteiger partial charge on any atom is 0.325 e. The van der Waals surface area contributed by atoms with Crippen molar-refractivity contribution in [3.05, 3.63) is 53.3 Å². The van der Waals surface area contributed by atoms with Crippen molar-refractivity contribution in [1.82, 2.24) is 25.1 Å². The third-order valence-corrected chi connectivity index (χ3v) is 6.71. The number of piperazine rings is 1. The van der Waals surface area contributed by atoms with Gasteiger partial charge in [0.15, 0.2) is 0 Å². The average molecular weight is 435 g/mol. The molecule has 1 N–H and O–H groups in total. The van der Waals surface area contributed by atoms with Crippen LogP contribution in [0.15, 0.2) is 36.7 Å². The Hall–Kier alpha value is -3.49. The SMILES string of the molecule is C[C@@]1(c2ccc3c(c2)CCC3)NC(=O)N(CC(=O)N2CCN(c3ncccn3)CC2)C1=O. The fourth-order valence-corrected chi connectivity index (χ4v) is 4.76. The van der Waals surface area contributed by atoms with E-state index < -0.39 is 11.6 Å².